The van der Waals surface area contributed by atoms with E-state index in [9.17, 15) is 9.18 Å². The van der Waals surface area contributed by atoms with E-state index >= 15 is 0 Å². The van der Waals surface area contributed by atoms with Crippen molar-refractivity contribution in [1.29, 1.82) is 0 Å². The average molecular weight is 374 g/mol. The van der Waals surface area contributed by atoms with E-state index in [2.05, 4.69) is 17.4 Å². The molecule has 1 aliphatic heterocycles. The summed E-state index contributed by atoms with van der Waals surface area (Å²) in [4.78, 5) is 13.0. The standard InChI is InChI=1S/C20H20FNOS2/c21-16-6-2-5-15(13-16)20(8-3-9-20)19(23)22-17-7-1-4-14(12-17)18-24-10-11-25-18/h1-2,4-7,12-13,18H,3,8-11H2,(H,22,23). The molecule has 0 radical (unpaired) electrons. The van der Waals surface area contributed by atoms with Crippen molar-refractivity contribution in [3.63, 3.8) is 0 Å². The zero-order chi connectivity index (χ0) is 17.3. The molecule has 2 nitrogen and oxygen atoms in total. The summed E-state index contributed by atoms with van der Waals surface area (Å²) >= 11 is 3.90. The molecule has 0 aromatic heterocycles. The van der Waals surface area contributed by atoms with Crippen LogP contribution in [0.25, 0.3) is 0 Å². The monoisotopic (exact) mass is 373 g/mol. The number of carbonyl (C=O) groups is 1. The van der Waals surface area contributed by atoms with Crippen LogP contribution in [0.1, 0.15) is 35.0 Å². The fourth-order valence-electron chi connectivity index (χ4n) is 3.53. The first-order valence-electron chi connectivity index (χ1n) is 8.58. The van der Waals surface area contributed by atoms with Crippen molar-refractivity contribution in [1.82, 2.24) is 0 Å². The second-order valence-corrected chi connectivity index (χ2v) is 9.32. The van der Waals surface area contributed by atoms with Crippen LogP contribution in [0, 0.1) is 5.82 Å². The lowest BCUT2D eigenvalue weighted by Gasteiger charge is -2.40. The van der Waals surface area contributed by atoms with Crippen LogP contribution in [-0.4, -0.2) is 17.4 Å². The van der Waals surface area contributed by atoms with Gasteiger partial charge in [-0.25, -0.2) is 4.39 Å². The van der Waals surface area contributed by atoms with E-state index in [1.807, 2.05) is 41.7 Å². The topological polar surface area (TPSA) is 29.1 Å². The molecule has 0 spiro atoms. The smallest absolute Gasteiger partial charge is 0.235 e. The SMILES string of the molecule is O=C(Nc1cccc(C2SCCS2)c1)C1(c2cccc(F)c2)CCC1. The molecule has 1 heterocycles. The number of amides is 1. The molecule has 0 bridgehead atoms. The van der Waals surface area contributed by atoms with Gasteiger partial charge in [-0.2, -0.15) is 0 Å². The molecular weight excluding hydrogens is 353 g/mol. The molecule has 2 aromatic rings. The lowest BCUT2D eigenvalue weighted by Crippen LogP contribution is -2.46. The number of nitrogens with one attached hydrogen (secondary N) is 1. The van der Waals surface area contributed by atoms with Gasteiger partial charge in [-0.05, 0) is 48.2 Å². The van der Waals surface area contributed by atoms with E-state index in [0.29, 0.717) is 4.58 Å². The van der Waals surface area contributed by atoms with E-state index in [4.69, 9.17) is 0 Å². The zero-order valence-electron chi connectivity index (χ0n) is 13.8. The third-order valence-electron chi connectivity index (χ3n) is 5.06. The van der Waals surface area contributed by atoms with Gasteiger partial charge in [-0.3, -0.25) is 4.79 Å². The Morgan fingerprint density at radius 2 is 1.84 bits per heavy atom. The van der Waals surface area contributed by atoms with E-state index < -0.39 is 5.41 Å². The molecule has 1 saturated heterocycles. The third kappa shape index (κ3) is 3.32. The van der Waals surface area contributed by atoms with Gasteiger partial charge in [-0.15, -0.1) is 23.5 Å². The Morgan fingerprint density at radius 1 is 1.08 bits per heavy atom. The molecular formula is C20H20FNOS2. The molecule has 5 heteroatoms. The minimum Gasteiger partial charge on any atom is -0.325 e. The van der Waals surface area contributed by atoms with Crippen molar-refractivity contribution in [3.8, 4) is 0 Å². The van der Waals surface area contributed by atoms with Crippen LogP contribution in [0.15, 0.2) is 48.5 Å². The van der Waals surface area contributed by atoms with Gasteiger partial charge in [-0.1, -0.05) is 30.7 Å². The first kappa shape index (κ1) is 17.0. The van der Waals surface area contributed by atoms with Gasteiger partial charge in [0, 0.05) is 17.2 Å². The normalized spacial score (nSPS) is 19.4. The van der Waals surface area contributed by atoms with Crippen LogP contribution < -0.4 is 5.32 Å². The van der Waals surface area contributed by atoms with Gasteiger partial charge in [0.15, 0.2) is 0 Å². The maximum absolute atomic E-state index is 13.6. The minimum absolute atomic E-state index is 0.0202. The number of thioether (sulfide) groups is 2. The average Bonchev–Trinajstić information content (AvgIpc) is 3.09. The molecule has 1 saturated carbocycles. The lowest BCUT2D eigenvalue weighted by molar-refractivity contribution is -0.124. The highest BCUT2D eigenvalue weighted by Crippen LogP contribution is 2.47. The van der Waals surface area contributed by atoms with Crippen molar-refractivity contribution in [2.75, 3.05) is 16.8 Å². The van der Waals surface area contributed by atoms with E-state index in [0.717, 1.165) is 30.5 Å². The quantitative estimate of drug-likeness (QED) is 0.782. The van der Waals surface area contributed by atoms with Crippen LogP contribution in [0.2, 0.25) is 0 Å². The highest BCUT2D eigenvalue weighted by molar-refractivity contribution is 8.19. The molecule has 2 aliphatic rings. The van der Waals surface area contributed by atoms with Crippen LogP contribution in [-0.2, 0) is 10.2 Å². The maximum atomic E-state index is 13.6. The highest BCUT2D eigenvalue weighted by Gasteiger charge is 2.45. The lowest BCUT2D eigenvalue weighted by atomic mass is 9.63. The van der Waals surface area contributed by atoms with Crippen molar-refractivity contribution < 1.29 is 9.18 Å². The van der Waals surface area contributed by atoms with Gasteiger partial charge in [0.05, 0.1) is 10.00 Å². The molecule has 130 valence electrons. The van der Waals surface area contributed by atoms with E-state index in [-0.39, 0.29) is 11.7 Å². The Hall–Kier alpha value is -1.46. The maximum Gasteiger partial charge on any atom is 0.235 e. The minimum atomic E-state index is -0.588. The van der Waals surface area contributed by atoms with Crippen molar-refractivity contribution in [2.45, 2.75) is 29.3 Å². The summed E-state index contributed by atoms with van der Waals surface area (Å²) in [5, 5.41) is 3.09. The molecule has 1 amide bonds. The molecule has 0 atom stereocenters. The summed E-state index contributed by atoms with van der Waals surface area (Å²) in [6, 6.07) is 14.6. The Labute approximate surface area is 156 Å². The Bertz CT molecular complexity index is 785. The number of hydrogen-bond acceptors (Lipinski definition) is 3. The summed E-state index contributed by atoms with van der Waals surface area (Å²) < 4.78 is 14.1. The predicted octanol–water partition coefficient (Wildman–Crippen LogP) is 5.36. The molecule has 4 rings (SSSR count). The highest BCUT2D eigenvalue weighted by atomic mass is 32.2. The fraction of sp³-hybridized carbons (Fsp3) is 0.350. The van der Waals surface area contributed by atoms with E-state index in [1.165, 1.54) is 29.2 Å². The first-order chi connectivity index (χ1) is 12.2. The summed E-state index contributed by atoms with van der Waals surface area (Å²) in [5.74, 6) is 2.05. The summed E-state index contributed by atoms with van der Waals surface area (Å²) in [5.41, 5.74) is 2.28. The van der Waals surface area contributed by atoms with Gasteiger partial charge in [0.1, 0.15) is 5.82 Å². The molecule has 25 heavy (non-hydrogen) atoms. The third-order valence-corrected chi connectivity index (χ3v) is 8.16. The van der Waals surface area contributed by atoms with Gasteiger partial charge < -0.3 is 5.32 Å². The summed E-state index contributed by atoms with van der Waals surface area (Å²) in [7, 11) is 0. The largest absolute Gasteiger partial charge is 0.325 e. The second-order valence-electron chi connectivity index (χ2n) is 6.60. The number of anilines is 1. The Morgan fingerprint density at radius 3 is 2.52 bits per heavy atom. The van der Waals surface area contributed by atoms with Crippen LogP contribution >= 0.6 is 23.5 Å². The van der Waals surface area contributed by atoms with E-state index in [1.54, 1.807) is 6.07 Å². The Balaban J connectivity index is 1.55. The van der Waals surface area contributed by atoms with Crippen LogP contribution in [0.3, 0.4) is 0 Å². The number of rotatable bonds is 4. The van der Waals surface area contributed by atoms with Gasteiger partial charge >= 0.3 is 0 Å². The predicted molar refractivity (Wildman–Crippen MR) is 105 cm³/mol. The zero-order valence-corrected chi connectivity index (χ0v) is 15.5. The number of benzene rings is 2. The second kappa shape index (κ2) is 7.04. The summed E-state index contributed by atoms with van der Waals surface area (Å²) in [6.07, 6.45) is 2.55. The van der Waals surface area contributed by atoms with Gasteiger partial charge in [0.25, 0.3) is 0 Å². The molecule has 2 aromatic carbocycles. The Kier molecular flexibility index (Phi) is 4.78. The van der Waals surface area contributed by atoms with Gasteiger partial charge in [0.2, 0.25) is 5.91 Å². The molecule has 0 unspecified atom stereocenters. The molecule has 2 fully saturated rings. The van der Waals surface area contributed by atoms with Crippen molar-refractivity contribution in [3.05, 3.63) is 65.5 Å². The van der Waals surface area contributed by atoms with Crippen molar-refractivity contribution >= 4 is 35.1 Å². The van der Waals surface area contributed by atoms with Crippen LogP contribution in [0.5, 0.6) is 0 Å². The first-order valence-corrected chi connectivity index (χ1v) is 10.7. The van der Waals surface area contributed by atoms with Crippen LogP contribution in [0.4, 0.5) is 10.1 Å². The number of halogens is 1. The molecule has 1 N–H and O–H groups in total. The van der Waals surface area contributed by atoms with Crippen molar-refractivity contribution in [2.24, 2.45) is 0 Å². The number of hydrogen-bond donors (Lipinski definition) is 1. The summed E-state index contributed by atoms with van der Waals surface area (Å²) in [6.45, 7) is 0. The number of carbonyl (C=O) groups excluding carboxylic acids is 1. The fourth-order valence-corrected chi connectivity index (χ4v) is 6.37. The molecule has 1 aliphatic carbocycles.